The summed E-state index contributed by atoms with van der Waals surface area (Å²) in [5, 5.41) is 40.9. The van der Waals surface area contributed by atoms with Crippen LogP contribution in [-0.2, 0) is 23.9 Å². The predicted octanol–water partition coefficient (Wildman–Crippen LogP) is 4.91. The number of hydrogen-bond acceptors (Lipinski definition) is 9. The molecule has 272 valence electrons. The number of carbonyl (C=O) groups excluding carboxylic acids is 3. The van der Waals surface area contributed by atoms with Gasteiger partial charge in [-0.15, -0.1) is 11.8 Å². The first kappa shape index (κ1) is 39.1. The van der Waals surface area contributed by atoms with Crippen molar-refractivity contribution >= 4 is 52.8 Å². The molecule has 0 heterocycles. The number of nitro groups is 1. The third-order valence-electron chi connectivity index (χ3n) is 7.92. The topological polar surface area (TPSA) is 254 Å². The molecule has 5 N–H and O–H groups in total. The van der Waals surface area contributed by atoms with E-state index in [9.17, 15) is 44.3 Å². The summed E-state index contributed by atoms with van der Waals surface area (Å²) in [7, 11) is 0. The Morgan fingerprint density at radius 2 is 1.38 bits per heavy atom. The molecule has 0 radical (unpaired) electrons. The van der Waals surface area contributed by atoms with Crippen molar-refractivity contribution < 1.29 is 39.1 Å². The first-order chi connectivity index (χ1) is 25.5. The molecule has 0 fully saturated rings. The van der Waals surface area contributed by atoms with Crippen LogP contribution in [-0.4, -0.2) is 69.2 Å². The van der Waals surface area contributed by atoms with Crippen molar-refractivity contribution in [2.45, 2.75) is 29.7 Å². The van der Waals surface area contributed by atoms with Gasteiger partial charge in [0.05, 0.1) is 9.67 Å². The number of hydrogen-bond donors (Lipinski definition) is 5. The van der Waals surface area contributed by atoms with Gasteiger partial charge in [-0.1, -0.05) is 96.1 Å². The fourth-order valence-electron chi connectivity index (χ4n) is 5.46. The molecule has 4 aromatic rings. The molecule has 0 aliphatic heterocycles. The Hall–Kier alpha value is -6.71. The number of benzene rings is 4. The molecule has 16 nitrogen and oxygen atoms in total. The van der Waals surface area contributed by atoms with Gasteiger partial charge in [-0.05, 0) is 40.8 Å². The van der Waals surface area contributed by atoms with E-state index in [-0.39, 0.29) is 11.4 Å². The highest BCUT2D eigenvalue weighted by atomic mass is 32.2. The maximum Gasteiger partial charge on any atom is 0.326 e. The van der Waals surface area contributed by atoms with Crippen molar-refractivity contribution in [2.75, 3.05) is 12.3 Å². The van der Waals surface area contributed by atoms with E-state index >= 15 is 0 Å². The summed E-state index contributed by atoms with van der Waals surface area (Å²) in [4.78, 5) is 76.3. The molecule has 0 unspecified atom stereocenters. The Morgan fingerprint density at radius 1 is 0.830 bits per heavy atom. The zero-order chi connectivity index (χ0) is 38.4. The minimum atomic E-state index is -1.70. The lowest BCUT2D eigenvalue weighted by Crippen LogP contribution is -2.50. The normalized spacial score (nSPS) is 11.9. The molecule has 0 bridgehead atoms. The monoisotopic (exact) mass is 739 g/mol. The molecule has 53 heavy (non-hydrogen) atoms. The molecular formula is C36H33N7O9S. The number of azide groups is 1. The van der Waals surface area contributed by atoms with E-state index in [1.54, 1.807) is 0 Å². The first-order valence-electron chi connectivity index (χ1n) is 15.9. The van der Waals surface area contributed by atoms with Crippen LogP contribution >= 0.6 is 11.8 Å². The lowest BCUT2D eigenvalue weighted by Gasteiger charge is -2.36. The van der Waals surface area contributed by atoms with Gasteiger partial charge < -0.3 is 26.2 Å². The van der Waals surface area contributed by atoms with Crippen LogP contribution in [0, 0.1) is 10.1 Å². The number of nitrogens with zero attached hydrogens (tertiary/aromatic N) is 4. The van der Waals surface area contributed by atoms with Crippen LogP contribution in [0.1, 0.15) is 39.9 Å². The Morgan fingerprint density at radius 3 is 1.85 bits per heavy atom. The van der Waals surface area contributed by atoms with Gasteiger partial charge in [-0.25, -0.2) is 4.79 Å². The largest absolute Gasteiger partial charge is 0.480 e. The molecular weight excluding hydrogens is 707 g/mol. The molecule has 0 saturated carbocycles. The number of carboxylic acid groups (broad SMARTS) is 2. The number of nitrogens with one attached hydrogen (secondary N) is 3. The van der Waals surface area contributed by atoms with Gasteiger partial charge in [0, 0.05) is 28.8 Å². The van der Waals surface area contributed by atoms with E-state index in [1.165, 1.54) is 11.8 Å². The Labute approximate surface area is 306 Å². The predicted molar refractivity (Wildman–Crippen MR) is 194 cm³/mol. The maximum atomic E-state index is 13.4. The standard InChI is InChI=1S/C36H33N7O9S/c37-42-41-26-16-18-30(43(51)52)27(20-26)33(47)40-28(35(49)50)17-19-31(44)39-29(34(48)38-21-32(45)46)22-53-36(23-10-4-1-5-11-23,24-12-6-2-7-13-24)25-14-8-3-9-15-25/h1-16,18,20,28-29H,17,19,21-22H2,(H,38,48)(H,39,44)(H,40,47)(H,45,46)(H,49,50)/t28-,29-/m0/s1. The molecule has 2 atom stereocenters. The lowest BCUT2D eigenvalue weighted by molar-refractivity contribution is -0.385. The summed E-state index contributed by atoms with van der Waals surface area (Å²) in [6, 6.07) is 28.5. The number of rotatable bonds is 18. The second-order valence-corrected chi connectivity index (χ2v) is 12.6. The number of carbonyl (C=O) groups is 5. The maximum absolute atomic E-state index is 13.4. The molecule has 0 saturated heterocycles. The highest BCUT2D eigenvalue weighted by Crippen LogP contribution is 2.48. The van der Waals surface area contributed by atoms with Crippen LogP contribution in [0.2, 0.25) is 0 Å². The number of thioether (sulfide) groups is 1. The van der Waals surface area contributed by atoms with Gasteiger partial charge in [0.15, 0.2) is 0 Å². The van der Waals surface area contributed by atoms with Crippen molar-refractivity contribution in [1.82, 2.24) is 16.0 Å². The smallest absolute Gasteiger partial charge is 0.326 e. The zero-order valence-corrected chi connectivity index (χ0v) is 28.6. The Balaban J connectivity index is 1.58. The average Bonchev–Trinajstić information content (AvgIpc) is 3.16. The summed E-state index contributed by atoms with van der Waals surface area (Å²) in [5.74, 6) is -5.69. The summed E-state index contributed by atoms with van der Waals surface area (Å²) in [6.07, 6.45) is -1.01. The second-order valence-electron chi connectivity index (χ2n) is 11.4. The summed E-state index contributed by atoms with van der Waals surface area (Å²) in [5.41, 5.74) is 9.93. The van der Waals surface area contributed by atoms with Crippen molar-refractivity contribution in [2.24, 2.45) is 5.11 Å². The molecule has 3 amide bonds. The summed E-state index contributed by atoms with van der Waals surface area (Å²) >= 11 is 1.33. The Kier molecular flexibility index (Phi) is 13.6. The molecule has 0 aromatic heterocycles. The van der Waals surface area contributed by atoms with Gasteiger partial charge in [-0.2, -0.15) is 0 Å². The van der Waals surface area contributed by atoms with Crippen LogP contribution in [0.3, 0.4) is 0 Å². The molecule has 0 aliphatic rings. The SMILES string of the molecule is [N-]=[N+]=Nc1ccc([N+](=O)[O-])c(C(=O)N[C@@H](CCC(=O)N[C@@H](CSC(c2ccccc2)(c2ccccc2)c2ccccc2)C(=O)NCC(=O)O)C(=O)O)c1. The first-order valence-corrected chi connectivity index (χ1v) is 16.9. The van der Waals surface area contributed by atoms with E-state index < -0.39 is 82.1 Å². The van der Waals surface area contributed by atoms with E-state index in [4.69, 9.17) is 5.53 Å². The number of nitro benzene ring substituents is 1. The van der Waals surface area contributed by atoms with Crippen molar-refractivity contribution in [3.05, 3.63) is 152 Å². The third-order valence-corrected chi connectivity index (χ3v) is 9.56. The second kappa shape index (κ2) is 18.5. The lowest BCUT2D eigenvalue weighted by atomic mass is 9.84. The highest BCUT2D eigenvalue weighted by molar-refractivity contribution is 8.00. The van der Waals surface area contributed by atoms with E-state index in [2.05, 4.69) is 26.0 Å². The van der Waals surface area contributed by atoms with Crippen molar-refractivity contribution in [1.29, 1.82) is 0 Å². The molecule has 0 aliphatic carbocycles. The molecule has 4 aromatic carbocycles. The highest BCUT2D eigenvalue weighted by Gasteiger charge is 2.39. The van der Waals surface area contributed by atoms with E-state index in [0.717, 1.165) is 34.9 Å². The minimum Gasteiger partial charge on any atom is -0.480 e. The van der Waals surface area contributed by atoms with E-state index in [1.807, 2.05) is 91.0 Å². The van der Waals surface area contributed by atoms with Gasteiger partial charge in [0.1, 0.15) is 24.2 Å². The number of amides is 3. The average molecular weight is 740 g/mol. The molecule has 0 spiro atoms. The summed E-state index contributed by atoms with van der Waals surface area (Å²) < 4.78 is -0.906. The van der Waals surface area contributed by atoms with Crippen LogP contribution in [0.5, 0.6) is 0 Å². The van der Waals surface area contributed by atoms with Crippen LogP contribution in [0.25, 0.3) is 10.4 Å². The van der Waals surface area contributed by atoms with Crippen LogP contribution < -0.4 is 16.0 Å². The van der Waals surface area contributed by atoms with Gasteiger partial charge in [-0.3, -0.25) is 29.3 Å². The summed E-state index contributed by atoms with van der Waals surface area (Å²) in [6.45, 7) is -0.725. The fraction of sp³-hybridized carbons (Fsp3) is 0.194. The van der Waals surface area contributed by atoms with Gasteiger partial charge in [0.2, 0.25) is 11.8 Å². The molecule has 4 rings (SSSR count). The minimum absolute atomic E-state index is 0.0693. The Bertz CT molecular complexity index is 1920. The van der Waals surface area contributed by atoms with Crippen molar-refractivity contribution in [3.8, 4) is 0 Å². The van der Waals surface area contributed by atoms with Crippen molar-refractivity contribution in [3.63, 3.8) is 0 Å². The quantitative estimate of drug-likeness (QED) is 0.0230. The zero-order valence-electron chi connectivity index (χ0n) is 27.8. The van der Waals surface area contributed by atoms with Gasteiger partial charge >= 0.3 is 11.9 Å². The third kappa shape index (κ3) is 10.2. The number of carboxylic acids is 2. The van der Waals surface area contributed by atoms with Gasteiger partial charge in [0.25, 0.3) is 11.6 Å². The van der Waals surface area contributed by atoms with Crippen LogP contribution in [0.4, 0.5) is 11.4 Å². The fourth-order valence-corrected chi connectivity index (χ4v) is 7.02. The van der Waals surface area contributed by atoms with E-state index in [0.29, 0.717) is 0 Å². The number of aliphatic carboxylic acids is 2. The van der Waals surface area contributed by atoms with Crippen LogP contribution in [0.15, 0.2) is 114 Å². The molecule has 17 heteroatoms.